The molecule has 120 valence electrons. The van der Waals surface area contributed by atoms with Gasteiger partial charge < -0.3 is 5.32 Å². The highest BCUT2D eigenvalue weighted by Crippen LogP contribution is 2.35. The highest BCUT2D eigenvalue weighted by Gasteiger charge is 2.20. The van der Waals surface area contributed by atoms with Crippen molar-refractivity contribution in [2.75, 3.05) is 7.05 Å². The molecule has 2 atom stereocenters. The molecular weight excluding hydrogens is 274 g/mol. The van der Waals surface area contributed by atoms with Crippen LogP contribution < -0.4 is 5.32 Å². The lowest BCUT2D eigenvalue weighted by Gasteiger charge is -2.21. The summed E-state index contributed by atoms with van der Waals surface area (Å²) < 4.78 is 0. The summed E-state index contributed by atoms with van der Waals surface area (Å²) in [6, 6.07) is 3.10. The van der Waals surface area contributed by atoms with Gasteiger partial charge in [0.15, 0.2) is 0 Å². The van der Waals surface area contributed by atoms with E-state index >= 15 is 0 Å². The molecule has 0 spiro atoms. The Morgan fingerprint density at radius 2 is 2.00 bits per heavy atom. The lowest BCUT2D eigenvalue weighted by Crippen LogP contribution is -2.19. The average Bonchev–Trinajstić information content (AvgIpc) is 2.78. The largest absolute Gasteiger partial charge is 0.312 e. The molecule has 0 amide bonds. The summed E-state index contributed by atoms with van der Waals surface area (Å²) in [5.74, 6) is 0.879. The molecule has 0 bridgehead atoms. The van der Waals surface area contributed by atoms with Crippen molar-refractivity contribution < 1.29 is 0 Å². The van der Waals surface area contributed by atoms with Gasteiger partial charge in [-0.15, -0.1) is 11.3 Å². The van der Waals surface area contributed by atoms with Gasteiger partial charge in [-0.2, -0.15) is 0 Å². The molecule has 1 nitrogen and oxygen atoms in total. The maximum absolute atomic E-state index is 3.59. The molecule has 1 N–H and O–H groups in total. The van der Waals surface area contributed by atoms with Crippen LogP contribution in [0.25, 0.3) is 0 Å². The van der Waals surface area contributed by atoms with Gasteiger partial charge >= 0.3 is 0 Å². The number of rotatable bonds is 8. The third-order valence-corrected chi connectivity index (χ3v) is 6.42. The van der Waals surface area contributed by atoms with Crippen LogP contribution >= 0.6 is 11.3 Å². The third kappa shape index (κ3) is 4.82. The summed E-state index contributed by atoms with van der Waals surface area (Å²) in [4.78, 5) is 3.28. The molecule has 0 saturated heterocycles. The zero-order valence-corrected chi connectivity index (χ0v) is 15.0. The van der Waals surface area contributed by atoms with Crippen LogP contribution in [0.15, 0.2) is 6.07 Å². The Kier molecular flexibility index (Phi) is 7.25. The first-order valence-corrected chi connectivity index (χ1v) is 9.88. The van der Waals surface area contributed by atoms with Gasteiger partial charge in [0.05, 0.1) is 0 Å². The lowest BCUT2D eigenvalue weighted by atomic mass is 9.91. The molecule has 0 radical (unpaired) electrons. The van der Waals surface area contributed by atoms with E-state index in [0.29, 0.717) is 6.04 Å². The number of hydrogen-bond acceptors (Lipinski definition) is 2. The van der Waals surface area contributed by atoms with Gasteiger partial charge in [-0.25, -0.2) is 0 Å². The number of unbranched alkanes of at least 4 members (excludes halogenated alkanes) is 1. The quantitative estimate of drug-likeness (QED) is 0.591. The second kappa shape index (κ2) is 8.95. The summed E-state index contributed by atoms with van der Waals surface area (Å²) >= 11 is 2.10. The molecule has 0 aliphatic heterocycles. The van der Waals surface area contributed by atoms with Crippen LogP contribution in [0, 0.1) is 5.92 Å². The standard InChI is InChI=1S/C19H33NS/c1-4-6-10-15(5-2)13-17(20-3)19-14-16-11-8-7-9-12-18(16)21-19/h14-15,17,20H,4-13H2,1-3H3. The second-order valence-electron chi connectivity index (χ2n) is 6.65. The van der Waals surface area contributed by atoms with E-state index in [1.165, 1.54) is 64.2 Å². The second-order valence-corrected chi connectivity index (χ2v) is 7.82. The van der Waals surface area contributed by atoms with Gasteiger partial charge in [0.25, 0.3) is 0 Å². The van der Waals surface area contributed by atoms with E-state index in [1.54, 1.807) is 15.3 Å². The fourth-order valence-corrected chi connectivity index (χ4v) is 4.93. The van der Waals surface area contributed by atoms with Gasteiger partial charge in [0, 0.05) is 15.8 Å². The summed E-state index contributed by atoms with van der Waals surface area (Å²) in [5, 5.41) is 3.59. The van der Waals surface area contributed by atoms with E-state index < -0.39 is 0 Å². The zero-order valence-electron chi connectivity index (χ0n) is 14.2. The Bertz CT molecular complexity index is 386. The van der Waals surface area contributed by atoms with Crippen molar-refractivity contribution in [3.63, 3.8) is 0 Å². The summed E-state index contributed by atoms with van der Waals surface area (Å²) in [6.07, 6.45) is 13.6. The van der Waals surface area contributed by atoms with E-state index in [9.17, 15) is 0 Å². The minimum absolute atomic E-state index is 0.573. The predicted octanol–water partition coefficient (Wildman–Crippen LogP) is 5.88. The molecule has 21 heavy (non-hydrogen) atoms. The van der Waals surface area contributed by atoms with Crippen molar-refractivity contribution in [1.29, 1.82) is 0 Å². The molecule has 0 aromatic carbocycles. The molecule has 2 unspecified atom stereocenters. The fraction of sp³-hybridized carbons (Fsp3) is 0.789. The van der Waals surface area contributed by atoms with Crippen molar-refractivity contribution in [2.24, 2.45) is 5.92 Å². The Morgan fingerprint density at radius 1 is 1.19 bits per heavy atom. The third-order valence-electron chi connectivity index (χ3n) is 5.07. The molecule has 1 heterocycles. The minimum atomic E-state index is 0.573. The normalized spacial score (nSPS) is 18.0. The molecule has 0 fully saturated rings. The van der Waals surface area contributed by atoms with E-state index in [0.717, 1.165) is 5.92 Å². The van der Waals surface area contributed by atoms with Crippen molar-refractivity contribution >= 4 is 11.3 Å². The Morgan fingerprint density at radius 3 is 2.71 bits per heavy atom. The summed E-state index contributed by atoms with van der Waals surface area (Å²) in [5.41, 5.74) is 1.66. The number of fused-ring (bicyclic) bond motifs is 1. The zero-order chi connectivity index (χ0) is 15.1. The van der Waals surface area contributed by atoms with Crippen LogP contribution in [0.4, 0.5) is 0 Å². The number of hydrogen-bond donors (Lipinski definition) is 1. The van der Waals surface area contributed by atoms with Gasteiger partial charge in [-0.3, -0.25) is 0 Å². The van der Waals surface area contributed by atoms with Crippen LogP contribution in [0.3, 0.4) is 0 Å². The monoisotopic (exact) mass is 307 g/mol. The Labute approximate surface area is 135 Å². The van der Waals surface area contributed by atoms with E-state index in [-0.39, 0.29) is 0 Å². The van der Waals surface area contributed by atoms with Crippen molar-refractivity contribution in [3.8, 4) is 0 Å². The highest BCUT2D eigenvalue weighted by molar-refractivity contribution is 7.12. The smallest absolute Gasteiger partial charge is 0.0415 e. The fourth-order valence-electron chi connectivity index (χ4n) is 3.55. The molecule has 0 saturated carbocycles. The van der Waals surface area contributed by atoms with Gasteiger partial charge in [0.2, 0.25) is 0 Å². The first-order chi connectivity index (χ1) is 10.3. The molecular formula is C19H33NS. The van der Waals surface area contributed by atoms with Gasteiger partial charge in [0.1, 0.15) is 0 Å². The van der Waals surface area contributed by atoms with Crippen LogP contribution in [-0.4, -0.2) is 7.05 Å². The maximum atomic E-state index is 3.59. The van der Waals surface area contributed by atoms with Gasteiger partial charge in [-0.1, -0.05) is 46.0 Å². The average molecular weight is 308 g/mol. The predicted molar refractivity (Wildman–Crippen MR) is 95.3 cm³/mol. The first kappa shape index (κ1) is 17.0. The van der Waals surface area contributed by atoms with E-state index in [2.05, 4.69) is 43.6 Å². The molecule has 1 aromatic rings. The highest BCUT2D eigenvalue weighted by atomic mass is 32.1. The SMILES string of the molecule is CCCCC(CC)CC(NC)c1cc2c(s1)CCCCC2. The maximum Gasteiger partial charge on any atom is 0.0415 e. The molecule has 1 aromatic heterocycles. The van der Waals surface area contributed by atoms with Crippen LogP contribution in [0.2, 0.25) is 0 Å². The number of aryl methyl sites for hydroxylation is 2. The summed E-state index contributed by atoms with van der Waals surface area (Å²) in [6.45, 7) is 4.66. The Balaban J connectivity index is 2.03. The van der Waals surface area contributed by atoms with Crippen molar-refractivity contribution in [3.05, 3.63) is 21.4 Å². The molecule has 2 heteroatoms. The van der Waals surface area contributed by atoms with E-state index in [1.807, 2.05) is 0 Å². The van der Waals surface area contributed by atoms with Crippen molar-refractivity contribution in [1.82, 2.24) is 5.32 Å². The minimum Gasteiger partial charge on any atom is -0.312 e. The van der Waals surface area contributed by atoms with Crippen LogP contribution in [-0.2, 0) is 12.8 Å². The van der Waals surface area contributed by atoms with E-state index in [4.69, 9.17) is 0 Å². The van der Waals surface area contributed by atoms with Crippen LogP contribution in [0.5, 0.6) is 0 Å². The molecule has 2 rings (SSSR count). The first-order valence-electron chi connectivity index (χ1n) is 9.07. The van der Waals surface area contributed by atoms with Crippen molar-refractivity contribution in [2.45, 2.75) is 84.1 Å². The molecule has 1 aliphatic rings. The Hall–Kier alpha value is -0.340. The summed E-state index contributed by atoms with van der Waals surface area (Å²) in [7, 11) is 2.14. The lowest BCUT2D eigenvalue weighted by molar-refractivity contribution is 0.367. The van der Waals surface area contributed by atoms with Crippen LogP contribution in [0.1, 0.15) is 86.6 Å². The topological polar surface area (TPSA) is 12.0 Å². The molecule has 1 aliphatic carbocycles. The number of thiophene rings is 1. The number of nitrogens with one attached hydrogen (secondary N) is 1. The van der Waals surface area contributed by atoms with Gasteiger partial charge in [-0.05, 0) is 56.7 Å².